The summed E-state index contributed by atoms with van der Waals surface area (Å²) in [5, 5.41) is 13.0. The molecule has 0 saturated heterocycles. The second kappa shape index (κ2) is 8.39. The van der Waals surface area contributed by atoms with Gasteiger partial charge in [0.25, 0.3) is 17.5 Å². The number of hydroxylamine groups is 1. The Labute approximate surface area is 137 Å². The number of nitro groups is 1. The van der Waals surface area contributed by atoms with Crippen molar-refractivity contribution in [2.24, 2.45) is 0 Å². The van der Waals surface area contributed by atoms with Gasteiger partial charge in [-0.1, -0.05) is 36.4 Å². The summed E-state index contributed by atoms with van der Waals surface area (Å²) in [4.78, 5) is 38.6. The number of carbonyl (C=O) groups is 2. The van der Waals surface area contributed by atoms with Crippen LogP contribution in [-0.4, -0.2) is 23.3 Å². The molecule has 2 rings (SSSR count). The maximum atomic E-state index is 11.9. The highest BCUT2D eigenvalue weighted by molar-refractivity contribution is 5.96. The maximum Gasteiger partial charge on any atom is 0.270 e. The molecule has 0 aliphatic carbocycles. The van der Waals surface area contributed by atoms with E-state index in [1.807, 2.05) is 30.3 Å². The Kier molecular flexibility index (Phi) is 5.98. The lowest BCUT2D eigenvalue weighted by molar-refractivity contribution is -0.384. The molecule has 0 heterocycles. The number of hydrogen-bond donors (Lipinski definition) is 2. The minimum atomic E-state index is -0.596. The molecule has 0 fully saturated rings. The third-order valence-corrected chi connectivity index (χ3v) is 3.00. The molecule has 0 aliphatic rings. The number of hydrogen-bond acceptors (Lipinski definition) is 5. The molecule has 0 aromatic heterocycles. The largest absolute Gasteiger partial charge is 0.343 e. The molecule has 2 aromatic carbocycles. The van der Waals surface area contributed by atoms with Crippen molar-refractivity contribution in [3.8, 4) is 0 Å². The first-order valence-corrected chi connectivity index (χ1v) is 7.03. The van der Waals surface area contributed by atoms with Crippen LogP contribution in [0.5, 0.6) is 0 Å². The summed E-state index contributed by atoms with van der Waals surface area (Å²) in [7, 11) is 0. The summed E-state index contributed by atoms with van der Waals surface area (Å²) >= 11 is 0. The quantitative estimate of drug-likeness (QED) is 0.592. The molecule has 0 spiro atoms. The molecule has 0 atom stereocenters. The van der Waals surface area contributed by atoms with E-state index in [2.05, 4.69) is 10.8 Å². The maximum absolute atomic E-state index is 11.9. The Hall–Kier alpha value is -3.26. The molecule has 124 valence electrons. The van der Waals surface area contributed by atoms with Crippen LogP contribution in [0.1, 0.15) is 15.9 Å². The fraction of sp³-hybridized carbons (Fsp3) is 0.125. The van der Waals surface area contributed by atoms with Crippen LogP contribution in [0.15, 0.2) is 54.6 Å². The van der Waals surface area contributed by atoms with E-state index in [0.29, 0.717) is 0 Å². The Balaban J connectivity index is 1.76. The second-order valence-electron chi connectivity index (χ2n) is 4.79. The van der Waals surface area contributed by atoms with Gasteiger partial charge in [0.05, 0.1) is 18.1 Å². The van der Waals surface area contributed by atoms with Gasteiger partial charge >= 0.3 is 0 Å². The zero-order valence-electron chi connectivity index (χ0n) is 12.6. The first kappa shape index (κ1) is 17.1. The van der Waals surface area contributed by atoms with E-state index in [4.69, 9.17) is 4.84 Å². The SMILES string of the molecule is O=C(CNC(=O)c1cccc([N+](=O)[O-])c1)NOCc1ccccc1. The molecule has 8 nitrogen and oxygen atoms in total. The molecule has 0 aliphatic heterocycles. The minimum Gasteiger partial charge on any atom is -0.343 e. The monoisotopic (exact) mass is 329 g/mol. The van der Waals surface area contributed by atoms with Crippen LogP contribution in [0.25, 0.3) is 0 Å². The van der Waals surface area contributed by atoms with E-state index in [9.17, 15) is 19.7 Å². The van der Waals surface area contributed by atoms with Gasteiger partial charge in [-0.2, -0.15) is 0 Å². The number of non-ortho nitro benzene ring substituents is 1. The molecular weight excluding hydrogens is 314 g/mol. The van der Waals surface area contributed by atoms with Gasteiger partial charge in [-0.15, -0.1) is 0 Å². The van der Waals surface area contributed by atoms with Gasteiger partial charge in [0.2, 0.25) is 0 Å². The van der Waals surface area contributed by atoms with Gasteiger partial charge in [0, 0.05) is 17.7 Å². The molecule has 2 amide bonds. The highest BCUT2D eigenvalue weighted by Crippen LogP contribution is 2.12. The van der Waals surface area contributed by atoms with Gasteiger partial charge in [0.15, 0.2) is 0 Å². The zero-order chi connectivity index (χ0) is 17.4. The van der Waals surface area contributed by atoms with Crippen molar-refractivity contribution >= 4 is 17.5 Å². The number of carbonyl (C=O) groups excluding carboxylic acids is 2. The summed E-state index contributed by atoms with van der Waals surface area (Å²) in [6.45, 7) is -0.109. The molecule has 0 bridgehead atoms. The van der Waals surface area contributed by atoms with Crippen LogP contribution in [0.4, 0.5) is 5.69 Å². The summed E-state index contributed by atoms with van der Waals surface area (Å²) in [5.74, 6) is -1.12. The van der Waals surface area contributed by atoms with Crippen molar-refractivity contribution in [1.82, 2.24) is 10.8 Å². The molecule has 2 N–H and O–H groups in total. The van der Waals surface area contributed by atoms with Crippen LogP contribution < -0.4 is 10.8 Å². The Morgan fingerprint density at radius 1 is 1.08 bits per heavy atom. The third kappa shape index (κ3) is 5.18. The topological polar surface area (TPSA) is 111 Å². The highest BCUT2D eigenvalue weighted by Gasteiger charge is 2.12. The first-order chi connectivity index (χ1) is 11.6. The van der Waals surface area contributed by atoms with E-state index in [0.717, 1.165) is 11.6 Å². The Morgan fingerprint density at radius 3 is 2.54 bits per heavy atom. The summed E-state index contributed by atoms with van der Waals surface area (Å²) in [5.41, 5.74) is 3.00. The second-order valence-corrected chi connectivity index (χ2v) is 4.79. The van der Waals surface area contributed by atoms with Gasteiger partial charge in [0.1, 0.15) is 0 Å². The number of rotatable bonds is 7. The zero-order valence-corrected chi connectivity index (χ0v) is 12.6. The van der Waals surface area contributed by atoms with Gasteiger partial charge < -0.3 is 5.32 Å². The smallest absolute Gasteiger partial charge is 0.270 e. The molecular formula is C16H15N3O5. The van der Waals surface area contributed by atoms with E-state index in [-0.39, 0.29) is 24.4 Å². The average molecular weight is 329 g/mol. The molecule has 0 radical (unpaired) electrons. The highest BCUT2D eigenvalue weighted by atomic mass is 16.7. The van der Waals surface area contributed by atoms with Crippen molar-refractivity contribution in [2.45, 2.75) is 6.61 Å². The number of nitrogens with one attached hydrogen (secondary N) is 2. The van der Waals surface area contributed by atoms with Crippen LogP contribution >= 0.6 is 0 Å². The average Bonchev–Trinajstić information content (AvgIpc) is 2.60. The number of nitrogens with zero attached hydrogens (tertiary/aromatic N) is 1. The van der Waals surface area contributed by atoms with Gasteiger partial charge in [-0.3, -0.25) is 24.5 Å². The number of amides is 2. The molecule has 0 unspecified atom stereocenters. The normalized spacial score (nSPS) is 10.0. The standard InChI is InChI=1S/C16H15N3O5/c20-15(18-24-11-12-5-2-1-3-6-12)10-17-16(21)13-7-4-8-14(9-13)19(22)23/h1-9H,10-11H2,(H,17,21)(H,18,20). The fourth-order valence-electron chi connectivity index (χ4n) is 1.83. The summed E-state index contributed by atoms with van der Waals surface area (Å²) in [6.07, 6.45) is 0. The third-order valence-electron chi connectivity index (χ3n) is 3.00. The predicted molar refractivity (Wildman–Crippen MR) is 84.8 cm³/mol. The van der Waals surface area contributed by atoms with Crippen LogP contribution in [0.3, 0.4) is 0 Å². The van der Waals surface area contributed by atoms with Crippen molar-refractivity contribution < 1.29 is 19.3 Å². The van der Waals surface area contributed by atoms with Crippen molar-refractivity contribution in [2.75, 3.05) is 6.54 Å². The van der Waals surface area contributed by atoms with Crippen molar-refractivity contribution in [1.29, 1.82) is 0 Å². The van der Waals surface area contributed by atoms with E-state index in [1.165, 1.54) is 18.2 Å². The van der Waals surface area contributed by atoms with Crippen LogP contribution in [0, 0.1) is 10.1 Å². The Morgan fingerprint density at radius 2 is 1.83 bits per heavy atom. The number of nitro benzene ring substituents is 1. The molecule has 2 aromatic rings. The number of benzene rings is 2. The van der Waals surface area contributed by atoms with E-state index < -0.39 is 16.7 Å². The predicted octanol–water partition coefficient (Wildman–Crippen LogP) is 1.57. The lowest BCUT2D eigenvalue weighted by Crippen LogP contribution is -2.36. The lowest BCUT2D eigenvalue weighted by atomic mass is 10.2. The first-order valence-electron chi connectivity index (χ1n) is 7.03. The van der Waals surface area contributed by atoms with Gasteiger partial charge in [-0.05, 0) is 11.6 Å². The summed E-state index contributed by atoms with van der Waals surface area (Å²) < 4.78 is 0. The van der Waals surface area contributed by atoms with E-state index in [1.54, 1.807) is 0 Å². The van der Waals surface area contributed by atoms with Crippen LogP contribution in [-0.2, 0) is 16.2 Å². The van der Waals surface area contributed by atoms with Crippen molar-refractivity contribution in [3.05, 3.63) is 75.8 Å². The summed E-state index contributed by atoms with van der Waals surface area (Å²) in [6, 6.07) is 14.5. The van der Waals surface area contributed by atoms with Gasteiger partial charge in [-0.25, -0.2) is 5.48 Å². The lowest BCUT2D eigenvalue weighted by Gasteiger charge is -2.07. The van der Waals surface area contributed by atoms with E-state index >= 15 is 0 Å². The molecule has 8 heteroatoms. The minimum absolute atomic E-state index is 0.0993. The molecule has 0 saturated carbocycles. The Bertz CT molecular complexity index is 734. The van der Waals surface area contributed by atoms with Crippen LogP contribution in [0.2, 0.25) is 0 Å². The van der Waals surface area contributed by atoms with Crippen molar-refractivity contribution in [3.63, 3.8) is 0 Å². The fourth-order valence-corrected chi connectivity index (χ4v) is 1.83. The molecule has 24 heavy (non-hydrogen) atoms.